The Balaban J connectivity index is 1.66. The number of hydrogen-bond acceptors (Lipinski definition) is 5. The second kappa shape index (κ2) is 6.68. The first kappa shape index (κ1) is 17.5. The van der Waals surface area contributed by atoms with Crippen LogP contribution in [0.2, 0.25) is 0 Å². The van der Waals surface area contributed by atoms with Crippen LogP contribution >= 0.6 is 11.8 Å². The van der Waals surface area contributed by atoms with E-state index in [4.69, 9.17) is 5.73 Å². The second-order valence-corrected chi connectivity index (χ2v) is 7.42. The van der Waals surface area contributed by atoms with Crippen molar-refractivity contribution in [1.82, 2.24) is 0 Å². The first-order chi connectivity index (χ1) is 13.0. The molecule has 0 spiro atoms. The van der Waals surface area contributed by atoms with E-state index in [1.54, 1.807) is 24.3 Å². The summed E-state index contributed by atoms with van der Waals surface area (Å²) in [6.07, 6.45) is 3.76. The van der Waals surface area contributed by atoms with Crippen LogP contribution in [0.15, 0.2) is 65.7 Å². The van der Waals surface area contributed by atoms with Crippen molar-refractivity contribution in [3.63, 3.8) is 0 Å². The van der Waals surface area contributed by atoms with Gasteiger partial charge in [-0.1, -0.05) is 72.4 Å². The summed E-state index contributed by atoms with van der Waals surface area (Å²) in [5, 5.41) is 10.3. The van der Waals surface area contributed by atoms with Crippen molar-refractivity contribution < 1.29 is 14.7 Å². The molecule has 6 nitrogen and oxygen atoms in total. The highest BCUT2D eigenvalue weighted by molar-refractivity contribution is 8.15. The quantitative estimate of drug-likeness (QED) is 0.846. The number of aliphatic imine (C=N–C) groups is 1. The second-order valence-electron chi connectivity index (χ2n) is 6.30. The van der Waals surface area contributed by atoms with Crippen molar-refractivity contribution in [2.45, 2.75) is 10.9 Å². The zero-order valence-corrected chi connectivity index (χ0v) is 15.1. The topological polar surface area (TPSA) is 96.0 Å². The van der Waals surface area contributed by atoms with Crippen molar-refractivity contribution in [2.24, 2.45) is 10.7 Å². The molecular formula is C20H17N3O3S. The fourth-order valence-electron chi connectivity index (χ4n) is 3.38. The van der Waals surface area contributed by atoms with Crippen molar-refractivity contribution in [1.29, 1.82) is 0 Å². The number of rotatable bonds is 4. The Morgan fingerprint density at radius 2 is 1.85 bits per heavy atom. The molecule has 2 heterocycles. The maximum absolute atomic E-state index is 13.2. The zero-order valence-electron chi connectivity index (χ0n) is 14.3. The normalized spacial score (nSPS) is 24.6. The molecule has 4 rings (SSSR count). The number of amidine groups is 1. The highest BCUT2D eigenvalue weighted by atomic mass is 32.2. The van der Waals surface area contributed by atoms with E-state index in [0.717, 1.165) is 17.3 Å². The van der Waals surface area contributed by atoms with Crippen molar-refractivity contribution in [3.05, 3.63) is 71.8 Å². The number of fused-ring (bicyclic) bond motifs is 1. The molecule has 2 aliphatic rings. The van der Waals surface area contributed by atoms with Crippen LogP contribution in [0, 0.1) is 0 Å². The molecular weight excluding hydrogens is 362 g/mol. The van der Waals surface area contributed by atoms with Gasteiger partial charge in [0.1, 0.15) is 5.25 Å². The summed E-state index contributed by atoms with van der Waals surface area (Å²) in [6, 6.07) is 16.7. The first-order valence-electron chi connectivity index (χ1n) is 8.42. The van der Waals surface area contributed by atoms with E-state index in [1.807, 2.05) is 42.5 Å². The third-order valence-electron chi connectivity index (χ3n) is 4.64. The maximum atomic E-state index is 13.2. The number of benzene rings is 2. The van der Waals surface area contributed by atoms with Crippen molar-refractivity contribution >= 4 is 40.5 Å². The molecule has 27 heavy (non-hydrogen) atoms. The van der Waals surface area contributed by atoms with E-state index >= 15 is 0 Å². The smallest absolute Gasteiger partial charge is 0.265 e. The summed E-state index contributed by atoms with van der Waals surface area (Å²) >= 11 is 0.923. The van der Waals surface area contributed by atoms with Gasteiger partial charge in [-0.05, 0) is 11.6 Å². The minimum Gasteiger partial charge on any atom is -0.378 e. The standard InChI is InChI=1S/C20H17N3O3S/c21-19-22-17(24)16(27-19)20(26)14-10-4-5-11-15(14)23(18(20)25)12-6-9-13-7-2-1-3-8-13/h1-11,16,26H,12H2,(H2,21,22,24)/b9-6+/t16-,20-/m0/s1. The van der Waals surface area contributed by atoms with Gasteiger partial charge in [-0.3, -0.25) is 9.59 Å². The van der Waals surface area contributed by atoms with Crippen LogP contribution in [-0.2, 0) is 15.2 Å². The minimum atomic E-state index is -1.98. The SMILES string of the molecule is NC1=NC(=O)[C@@H]([C@]2(O)C(=O)N(C/C=C/c3ccccc3)c3ccccc32)S1. The van der Waals surface area contributed by atoms with E-state index in [0.29, 0.717) is 11.3 Å². The molecule has 0 saturated carbocycles. The molecule has 7 heteroatoms. The average molecular weight is 379 g/mol. The van der Waals surface area contributed by atoms with Crippen LogP contribution in [0.1, 0.15) is 11.1 Å². The molecule has 0 aromatic heterocycles. The molecule has 2 amide bonds. The molecule has 0 radical (unpaired) electrons. The Bertz CT molecular complexity index is 973. The Kier molecular flexibility index (Phi) is 4.33. The third kappa shape index (κ3) is 2.85. The Morgan fingerprint density at radius 1 is 1.15 bits per heavy atom. The van der Waals surface area contributed by atoms with Crippen molar-refractivity contribution in [3.8, 4) is 0 Å². The number of nitrogens with zero attached hydrogens (tertiary/aromatic N) is 2. The molecule has 136 valence electrons. The van der Waals surface area contributed by atoms with Crippen LogP contribution < -0.4 is 10.6 Å². The van der Waals surface area contributed by atoms with Gasteiger partial charge in [0.25, 0.3) is 11.8 Å². The van der Waals surface area contributed by atoms with Crippen LogP contribution in [0.5, 0.6) is 0 Å². The molecule has 3 N–H and O–H groups in total. The van der Waals surface area contributed by atoms with Crippen molar-refractivity contribution in [2.75, 3.05) is 11.4 Å². The molecule has 0 saturated heterocycles. The lowest BCUT2D eigenvalue weighted by molar-refractivity contribution is -0.140. The number of nitrogens with two attached hydrogens (primary N) is 1. The summed E-state index contributed by atoms with van der Waals surface area (Å²) in [7, 11) is 0. The van der Waals surface area contributed by atoms with Crippen LogP contribution in [0.25, 0.3) is 6.08 Å². The minimum absolute atomic E-state index is 0.0612. The predicted molar refractivity (Wildman–Crippen MR) is 106 cm³/mol. The van der Waals surface area contributed by atoms with Gasteiger partial charge in [0.05, 0.1) is 5.69 Å². The number of para-hydroxylation sites is 1. The lowest BCUT2D eigenvalue weighted by atomic mass is 9.91. The molecule has 0 unspecified atom stereocenters. The number of carbonyl (C=O) groups excluding carboxylic acids is 2. The molecule has 2 aliphatic heterocycles. The molecule has 2 aromatic rings. The van der Waals surface area contributed by atoms with E-state index in [9.17, 15) is 14.7 Å². The fraction of sp³-hybridized carbons (Fsp3) is 0.150. The predicted octanol–water partition coefficient (Wildman–Crippen LogP) is 1.89. The maximum Gasteiger partial charge on any atom is 0.265 e. The summed E-state index contributed by atoms with van der Waals surface area (Å²) < 4.78 is 0. The van der Waals surface area contributed by atoms with Gasteiger partial charge in [0.2, 0.25) is 0 Å². The number of aliphatic hydroxyl groups is 1. The number of thioether (sulfide) groups is 1. The van der Waals surface area contributed by atoms with Gasteiger partial charge in [-0.15, -0.1) is 0 Å². The van der Waals surface area contributed by atoms with Crippen LogP contribution in [-0.4, -0.2) is 33.9 Å². The lowest BCUT2D eigenvalue weighted by Crippen LogP contribution is -2.49. The van der Waals surface area contributed by atoms with E-state index in [2.05, 4.69) is 4.99 Å². The van der Waals surface area contributed by atoms with Crippen LogP contribution in [0.3, 0.4) is 0 Å². The monoisotopic (exact) mass is 379 g/mol. The van der Waals surface area contributed by atoms with Gasteiger partial charge in [0, 0.05) is 12.1 Å². The zero-order chi connectivity index (χ0) is 19.0. The fourth-order valence-corrected chi connectivity index (χ4v) is 4.32. The number of amides is 2. The highest BCUT2D eigenvalue weighted by Gasteiger charge is 2.58. The molecule has 0 aliphatic carbocycles. The average Bonchev–Trinajstić information content (AvgIpc) is 3.13. The number of carbonyl (C=O) groups is 2. The van der Waals surface area contributed by atoms with E-state index in [1.165, 1.54) is 4.90 Å². The Hall–Kier alpha value is -2.90. The summed E-state index contributed by atoms with van der Waals surface area (Å²) in [5.41, 5.74) is 5.65. The Labute approximate surface area is 160 Å². The number of hydrogen-bond donors (Lipinski definition) is 2. The summed E-state index contributed by atoms with van der Waals surface area (Å²) in [5.74, 6) is -1.14. The summed E-state index contributed by atoms with van der Waals surface area (Å²) in [4.78, 5) is 30.5. The molecule has 2 aromatic carbocycles. The largest absolute Gasteiger partial charge is 0.378 e. The van der Waals surface area contributed by atoms with Gasteiger partial charge in [-0.2, -0.15) is 4.99 Å². The number of anilines is 1. The third-order valence-corrected chi connectivity index (χ3v) is 5.75. The molecule has 0 bridgehead atoms. The van der Waals surface area contributed by atoms with Gasteiger partial charge >= 0.3 is 0 Å². The van der Waals surface area contributed by atoms with E-state index in [-0.39, 0.29) is 11.7 Å². The van der Waals surface area contributed by atoms with Gasteiger partial charge in [-0.25, -0.2) is 0 Å². The molecule has 0 fully saturated rings. The van der Waals surface area contributed by atoms with Crippen LogP contribution in [0.4, 0.5) is 5.69 Å². The summed E-state index contributed by atoms with van der Waals surface area (Å²) in [6.45, 7) is 0.273. The Morgan fingerprint density at radius 3 is 2.56 bits per heavy atom. The van der Waals surface area contributed by atoms with Gasteiger partial charge in [0.15, 0.2) is 10.8 Å². The molecule has 2 atom stereocenters. The lowest BCUT2D eigenvalue weighted by Gasteiger charge is -2.26. The first-order valence-corrected chi connectivity index (χ1v) is 9.30. The van der Waals surface area contributed by atoms with Gasteiger partial charge < -0.3 is 15.7 Å². The highest BCUT2D eigenvalue weighted by Crippen LogP contribution is 2.47. The van der Waals surface area contributed by atoms with E-state index < -0.39 is 22.7 Å².